The molecule has 21 heavy (non-hydrogen) atoms. The van der Waals surface area contributed by atoms with E-state index in [0.717, 1.165) is 21.5 Å². The molecule has 3 rings (SSSR count). The number of hydrogen-bond acceptors (Lipinski definition) is 1. The number of benzene rings is 3. The second-order valence-electron chi connectivity index (χ2n) is 4.94. The molecule has 0 N–H and O–H groups in total. The zero-order chi connectivity index (χ0) is 15.0. The van der Waals surface area contributed by atoms with E-state index in [1.165, 1.54) is 0 Å². The van der Waals surface area contributed by atoms with Gasteiger partial charge in [0.2, 0.25) is 5.78 Å². The molecule has 0 atom stereocenters. The van der Waals surface area contributed by atoms with Crippen LogP contribution in [0.4, 0.5) is 13.2 Å². The summed E-state index contributed by atoms with van der Waals surface area (Å²) in [7, 11) is 0. The normalized spacial score (nSPS) is 12.0. The van der Waals surface area contributed by atoms with E-state index in [9.17, 15) is 18.0 Å². The van der Waals surface area contributed by atoms with Crippen molar-refractivity contribution in [1.29, 1.82) is 0 Å². The monoisotopic (exact) mass is 288 g/mol. The summed E-state index contributed by atoms with van der Waals surface area (Å²) >= 11 is 0. The molecule has 0 aliphatic heterocycles. The lowest BCUT2D eigenvalue weighted by Crippen LogP contribution is -2.24. The lowest BCUT2D eigenvalue weighted by atomic mass is 9.98. The van der Waals surface area contributed by atoms with Crippen molar-refractivity contribution < 1.29 is 18.0 Å². The van der Waals surface area contributed by atoms with Crippen LogP contribution in [0.1, 0.15) is 5.56 Å². The van der Waals surface area contributed by atoms with Gasteiger partial charge in [-0.1, -0.05) is 54.6 Å². The molecular weight excluding hydrogens is 277 g/mol. The van der Waals surface area contributed by atoms with E-state index in [0.29, 0.717) is 5.56 Å². The van der Waals surface area contributed by atoms with Crippen molar-refractivity contribution in [2.24, 2.45) is 0 Å². The van der Waals surface area contributed by atoms with Gasteiger partial charge in [0.15, 0.2) is 0 Å². The average Bonchev–Trinajstić information content (AvgIpc) is 2.46. The first kappa shape index (κ1) is 13.6. The number of alkyl halides is 3. The molecular formula is C17H11F3O. The summed E-state index contributed by atoms with van der Waals surface area (Å²) in [6.45, 7) is 0. The van der Waals surface area contributed by atoms with Crippen molar-refractivity contribution in [2.45, 2.75) is 12.6 Å². The molecule has 3 aromatic carbocycles. The molecule has 4 heteroatoms. The van der Waals surface area contributed by atoms with Crippen LogP contribution >= 0.6 is 0 Å². The van der Waals surface area contributed by atoms with Gasteiger partial charge in [0, 0.05) is 6.42 Å². The Bertz CT molecular complexity index is 834. The predicted molar refractivity (Wildman–Crippen MR) is 76.2 cm³/mol. The first-order chi connectivity index (χ1) is 9.95. The van der Waals surface area contributed by atoms with Crippen LogP contribution in [0.3, 0.4) is 0 Å². The summed E-state index contributed by atoms with van der Waals surface area (Å²) in [6, 6.07) is 16.6. The Kier molecular flexibility index (Phi) is 3.16. The number of fused-ring (bicyclic) bond motifs is 3. The van der Waals surface area contributed by atoms with Gasteiger partial charge in [-0.15, -0.1) is 0 Å². The van der Waals surface area contributed by atoms with Crippen molar-refractivity contribution >= 4 is 27.3 Å². The molecule has 0 fully saturated rings. The fourth-order valence-corrected chi connectivity index (χ4v) is 2.46. The smallest absolute Gasteiger partial charge is 0.289 e. The topological polar surface area (TPSA) is 17.1 Å². The Morgan fingerprint density at radius 1 is 0.857 bits per heavy atom. The van der Waals surface area contributed by atoms with Gasteiger partial charge in [-0.3, -0.25) is 4.79 Å². The number of hydrogen-bond donors (Lipinski definition) is 0. The van der Waals surface area contributed by atoms with Gasteiger partial charge in [0.1, 0.15) is 0 Å². The second-order valence-corrected chi connectivity index (χ2v) is 4.94. The number of rotatable bonds is 2. The minimum atomic E-state index is -4.78. The van der Waals surface area contributed by atoms with Crippen LogP contribution in [0.25, 0.3) is 21.5 Å². The number of carbonyl (C=O) groups excluding carboxylic acids is 1. The van der Waals surface area contributed by atoms with Crippen molar-refractivity contribution in [3.05, 3.63) is 60.2 Å². The number of carbonyl (C=O) groups is 1. The van der Waals surface area contributed by atoms with E-state index < -0.39 is 18.4 Å². The average molecular weight is 288 g/mol. The van der Waals surface area contributed by atoms with Gasteiger partial charge in [0.25, 0.3) is 0 Å². The van der Waals surface area contributed by atoms with Crippen molar-refractivity contribution in [3.8, 4) is 0 Å². The van der Waals surface area contributed by atoms with Crippen LogP contribution in [-0.2, 0) is 11.2 Å². The zero-order valence-electron chi connectivity index (χ0n) is 10.9. The van der Waals surface area contributed by atoms with E-state index in [2.05, 4.69) is 0 Å². The third kappa shape index (κ3) is 2.61. The van der Waals surface area contributed by atoms with Gasteiger partial charge in [0.05, 0.1) is 0 Å². The zero-order valence-corrected chi connectivity index (χ0v) is 10.9. The summed E-state index contributed by atoms with van der Waals surface area (Å²) in [4.78, 5) is 11.1. The van der Waals surface area contributed by atoms with Crippen molar-refractivity contribution in [2.75, 3.05) is 0 Å². The lowest BCUT2D eigenvalue weighted by molar-refractivity contribution is -0.170. The molecule has 0 aliphatic rings. The van der Waals surface area contributed by atoms with Gasteiger partial charge in [-0.25, -0.2) is 0 Å². The van der Waals surface area contributed by atoms with Crippen LogP contribution in [0.5, 0.6) is 0 Å². The molecule has 0 bridgehead atoms. The van der Waals surface area contributed by atoms with E-state index >= 15 is 0 Å². The Morgan fingerprint density at radius 2 is 1.52 bits per heavy atom. The lowest BCUT2D eigenvalue weighted by Gasteiger charge is -2.08. The summed E-state index contributed by atoms with van der Waals surface area (Å²) in [5.41, 5.74) is 0.375. The highest BCUT2D eigenvalue weighted by molar-refractivity contribution is 6.07. The summed E-state index contributed by atoms with van der Waals surface area (Å²) in [6.07, 6.45) is -5.40. The van der Waals surface area contributed by atoms with Crippen LogP contribution in [0.15, 0.2) is 54.6 Å². The Labute approximate surface area is 119 Å². The van der Waals surface area contributed by atoms with Gasteiger partial charge < -0.3 is 0 Å². The summed E-state index contributed by atoms with van der Waals surface area (Å²) < 4.78 is 36.9. The molecule has 0 aromatic heterocycles. The largest absolute Gasteiger partial charge is 0.450 e. The van der Waals surface area contributed by atoms with E-state index in [4.69, 9.17) is 0 Å². The minimum Gasteiger partial charge on any atom is -0.289 e. The molecule has 0 aliphatic carbocycles. The fourth-order valence-electron chi connectivity index (χ4n) is 2.46. The third-order valence-corrected chi connectivity index (χ3v) is 3.49. The number of Topliss-reactive ketones (excluding diaryl/α,β-unsaturated/α-hetero) is 1. The van der Waals surface area contributed by atoms with Crippen molar-refractivity contribution in [3.63, 3.8) is 0 Å². The molecule has 0 spiro atoms. The highest BCUT2D eigenvalue weighted by atomic mass is 19.4. The number of ketones is 1. The highest BCUT2D eigenvalue weighted by Crippen LogP contribution is 2.27. The van der Waals surface area contributed by atoms with Gasteiger partial charge in [-0.05, 0) is 27.1 Å². The molecule has 0 amide bonds. The van der Waals surface area contributed by atoms with Crippen molar-refractivity contribution in [1.82, 2.24) is 0 Å². The SMILES string of the molecule is O=C(Cc1ccc2c(ccc3ccccc32)c1)C(F)(F)F. The molecule has 1 nitrogen and oxygen atoms in total. The van der Waals surface area contributed by atoms with E-state index in [1.54, 1.807) is 18.2 Å². The third-order valence-electron chi connectivity index (χ3n) is 3.49. The van der Waals surface area contributed by atoms with Crippen LogP contribution in [-0.4, -0.2) is 12.0 Å². The summed E-state index contributed by atoms with van der Waals surface area (Å²) in [5, 5.41) is 3.92. The molecule has 0 unspecified atom stereocenters. The van der Waals surface area contributed by atoms with E-state index in [1.807, 2.05) is 36.4 Å². The maximum Gasteiger partial charge on any atom is 0.450 e. The molecule has 0 heterocycles. The van der Waals surface area contributed by atoms with Gasteiger partial charge >= 0.3 is 6.18 Å². The quantitative estimate of drug-likeness (QED) is 0.626. The molecule has 106 valence electrons. The standard InChI is InChI=1S/C17H11F3O/c18-17(19,20)16(21)10-11-5-8-15-13(9-11)7-6-12-3-1-2-4-14(12)15/h1-9H,10H2. The van der Waals surface area contributed by atoms with Crippen LogP contribution in [0, 0.1) is 0 Å². The first-order valence-corrected chi connectivity index (χ1v) is 6.45. The highest BCUT2D eigenvalue weighted by Gasteiger charge is 2.37. The minimum absolute atomic E-state index is 0.375. The van der Waals surface area contributed by atoms with Gasteiger partial charge in [-0.2, -0.15) is 13.2 Å². The second kappa shape index (κ2) is 4.88. The maximum atomic E-state index is 12.3. The summed E-state index contributed by atoms with van der Waals surface area (Å²) in [5.74, 6) is -1.72. The van der Waals surface area contributed by atoms with Crippen LogP contribution in [0.2, 0.25) is 0 Å². The van der Waals surface area contributed by atoms with Crippen LogP contribution < -0.4 is 0 Å². The molecule has 3 aromatic rings. The molecule has 0 radical (unpaired) electrons. The number of halogens is 3. The van der Waals surface area contributed by atoms with E-state index in [-0.39, 0.29) is 0 Å². The first-order valence-electron chi connectivity index (χ1n) is 6.45. The Morgan fingerprint density at radius 3 is 2.29 bits per heavy atom. The maximum absolute atomic E-state index is 12.3. The fraction of sp³-hybridized carbons (Fsp3) is 0.118. The Balaban J connectivity index is 2.05. The Hall–Kier alpha value is -2.36. The predicted octanol–water partition coefficient (Wildman–Crippen LogP) is 4.67. The molecule has 0 saturated heterocycles. The molecule has 0 saturated carbocycles.